The second-order valence-corrected chi connectivity index (χ2v) is 24.2. The highest BCUT2D eigenvalue weighted by molar-refractivity contribution is 5.98. The van der Waals surface area contributed by atoms with E-state index in [0.29, 0.717) is 11.4 Å². The van der Waals surface area contributed by atoms with Gasteiger partial charge in [-0.3, -0.25) is 9.55 Å². The first-order chi connectivity index (χ1) is 35.1. The maximum atomic E-state index is 12.7. The van der Waals surface area contributed by atoms with Crippen molar-refractivity contribution in [1.29, 1.82) is 0 Å². The Balaban J connectivity index is 1.21. The van der Waals surface area contributed by atoms with E-state index in [0.717, 1.165) is 83.6 Å². The highest BCUT2D eigenvalue weighted by Crippen LogP contribution is 2.46. The summed E-state index contributed by atoms with van der Waals surface area (Å²) in [5.74, 6) is 0.930. The zero-order valence-corrected chi connectivity index (χ0v) is 45.3. The van der Waals surface area contributed by atoms with Gasteiger partial charge in [-0.2, -0.15) is 0 Å². The molecular formula is C70H69N3O. The number of fused-ring (bicyclic) bond motifs is 1. The van der Waals surface area contributed by atoms with E-state index in [1.807, 2.05) is 6.20 Å². The van der Waals surface area contributed by atoms with Crippen molar-refractivity contribution < 1.29 is 5.11 Å². The first-order valence-corrected chi connectivity index (χ1v) is 26.1. The van der Waals surface area contributed by atoms with Crippen LogP contribution in [0, 0.1) is 0 Å². The summed E-state index contributed by atoms with van der Waals surface area (Å²) < 4.78 is 2.30. The zero-order valence-electron chi connectivity index (χ0n) is 45.3. The van der Waals surface area contributed by atoms with Crippen molar-refractivity contribution in [3.8, 4) is 89.7 Å². The summed E-state index contributed by atoms with van der Waals surface area (Å²) in [7, 11) is 0. The van der Waals surface area contributed by atoms with Gasteiger partial charge >= 0.3 is 0 Å². The summed E-state index contributed by atoms with van der Waals surface area (Å²) in [4.78, 5) is 10.8. The molecule has 10 aromatic rings. The molecule has 1 N–H and O–H groups in total. The van der Waals surface area contributed by atoms with Gasteiger partial charge in [-0.1, -0.05) is 223 Å². The van der Waals surface area contributed by atoms with Crippen LogP contribution in [0.3, 0.4) is 0 Å². The van der Waals surface area contributed by atoms with E-state index in [-0.39, 0.29) is 27.4 Å². The lowest BCUT2D eigenvalue weighted by molar-refractivity contribution is 0.446. The lowest BCUT2D eigenvalue weighted by atomic mass is 9.79. The Morgan fingerprint density at radius 1 is 0.365 bits per heavy atom. The highest BCUT2D eigenvalue weighted by Gasteiger charge is 2.30. The van der Waals surface area contributed by atoms with Crippen LogP contribution in [0.1, 0.15) is 105 Å². The molecule has 0 amide bonds. The Hall–Kier alpha value is -7.82. The minimum Gasteiger partial charge on any atom is -0.507 e. The van der Waals surface area contributed by atoms with E-state index < -0.39 is 0 Å². The topological polar surface area (TPSA) is 50.9 Å². The van der Waals surface area contributed by atoms with Crippen LogP contribution in [0.4, 0.5) is 0 Å². The normalized spacial score (nSPS) is 12.4. The van der Waals surface area contributed by atoms with Gasteiger partial charge in [0.15, 0.2) is 0 Å². The average molecular weight is 968 g/mol. The molecule has 74 heavy (non-hydrogen) atoms. The van der Waals surface area contributed by atoms with Crippen molar-refractivity contribution in [2.45, 2.75) is 105 Å². The molecule has 10 rings (SSSR count). The van der Waals surface area contributed by atoms with Crippen LogP contribution < -0.4 is 0 Å². The monoisotopic (exact) mass is 968 g/mol. The van der Waals surface area contributed by atoms with Gasteiger partial charge in [0.25, 0.3) is 0 Å². The molecule has 0 radical (unpaired) electrons. The summed E-state index contributed by atoms with van der Waals surface area (Å²) in [6.45, 7) is 26.8. The van der Waals surface area contributed by atoms with Crippen LogP contribution in [0.2, 0.25) is 0 Å². The predicted molar refractivity (Wildman–Crippen MR) is 313 cm³/mol. The SMILES string of the molecule is CC(C)(C)c1ccc(-c2ccc(-n3c(-c4cc(C(C)(C)C)cc(C(C)(C)C)c4O)nc4c(-c5cc(-c6cc(-c7ccc(-c8ccccc8)cc7)ccn6)cc(C(C)(C)C)c5)cccc43)c(-c3ccccc3)c2)cc1. The number of rotatable bonds is 8. The van der Waals surface area contributed by atoms with Crippen LogP contribution in [0.5, 0.6) is 5.75 Å². The number of nitrogens with zero attached hydrogens (tertiary/aromatic N) is 3. The molecule has 0 bridgehead atoms. The van der Waals surface area contributed by atoms with E-state index in [1.54, 1.807) is 0 Å². The van der Waals surface area contributed by atoms with Gasteiger partial charge in [0.1, 0.15) is 11.6 Å². The first kappa shape index (κ1) is 49.7. The molecule has 0 atom stereocenters. The van der Waals surface area contributed by atoms with Crippen LogP contribution in [0.15, 0.2) is 194 Å². The Labute approximate surface area is 439 Å². The Morgan fingerprint density at radius 3 is 1.50 bits per heavy atom. The molecule has 0 unspecified atom stereocenters. The maximum Gasteiger partial charge on any atom is 0.149 e. The summed E-state index contributed by atoms with van der Waals surface area (Å²) in [6, 6.07) is 67.9. The van der Waals surface area contributed by atoms with Crippen LogP contribution in [0.25, 0.3) is 95.0 Å². The van der Waals surface area contributed by atoms with Gasteiger partial charge in [0, 0.05) is 28.5 Å². The van der Waals surface area contributed by atoms with E-state index in [4.69, 9.17) is 9.97 Å². The number of phenolic OH excluding ortho intramolecular Hbond substituents is 1. The minimum atomic E-state index is -0.345. The van der Waals surface area contributed by atoms with E-state index in [1.165, 1.54) is 22.3 Å². The molecule has 4 heteroatoms. The summed E-state index contributed by atoms with van der Waals surface area (Å²) >= 11 is 0. The fraction of sp³-hybridized carbons (Fsp3) is 0.229. The maximum absolute atomic E-state index is 12.7. The standard InChI is InChI=1S/C70H69N3O/c1-67(2,3)54-33-30-48(31-34-54)50-32-35-62(58(41-50)49-22-17-14-18-23-49)73-63-25-19-24-57(64(63)72-66(73)59-43-56(69(7,8)9)44-60(65(59)74)70(10,11)12)52-38-53(40-55(39-52)68(4,5)6)61-42-51(36-37-71-61)47-28-26-46(27-29-47)45-20-15-13-16-21-45/h13-44,74H,1-12H3. The van der Waals surface area contributed by atoms with Gasteiger partial charge in [0.2, 0.25) is 0 Å². The Kier molecular flexibility index (Phi) is 12.7. The van der Waals surface area contributed by atoms with Gasteiger partial charge in [-0.15, -0.1) is 0 Å². The molecule has 2 heterocycles. The number of pyridine rings is 1. The molecule has 370 valence electrons. The molecule has 0 fully saturated rings. The van der Waals surface area contributed by atoms with Crippen LogP contribution in [-0.2, 0) is 21.7 Å². The van der Waals surface area contributed by atoms with Crippen molar-refractivity contribution in [3.05, 3.63) is 217 Å². The number of phenols is 1. The number of hydrogen-bond donors (Lipinski definition) is 1. The number of imidazole rings is 1. The quantitative estimate of drug-likeness (QED) is 0.165. The van der Waals surface area contributed by atoms with Crippen molar-refractivity contribution in [2.24, 2.45) is 0 Å². The molecule has 0 aliphatic rings. The summed E-state index contributed by atoms with van der Waals surface area (Å²) in [5.41, 5.74) is 20.4. The van der Waals surface area contributed by atoms with Crippen LogP contribution in [-0.4, -0.2) is 19.6 Å². The third-order valence-corrected chi connectivity index (χ3v) is 14.6. The molecule has 0 saturated carbocycles. The second kappa shape index (κ2) is 18.9. The Bertz CT molecular complexity index is 3670. The number of aromatic hydroxyl groups is 1. The number of benzene rings is 8. The van der Waals surface area contributed by atoms with Gasteiger partial charge in [0.05, 0.1) is 28.0 Å². The van der Waals surface area contributed by atoms with E-state index >= 15 is 0 Å². The van der Waals surface area contributed by atoms with Gasteiger partial charge < -0.3 is 5.11 Å². The summed E-state index contributed by atoms with van der Waals surface area (Å²) in [5, 5.41) is 12.7. The lowest BCUT2D eigenvalue weighted by Crippen LogP contribution is -2.17. The highest BCUT2D eigenvalue weighted by atomic mass is 16.3. The molecular weight excluding hydrogens is 899 g/mol. The Morgan fingerprint density at radius 2 is 0.892 bits per heavy atom. The number of para-hydroxylation sites is 1. The third kappa shape index (κ3) is 9.86. The average Bonchev–Trinajstić information content (AvgIpc) is 3.78. The van der Waals surface area contributed by atoms with Crippen molar-refractivity contribution in [1.82, 2.24) is 14.5 Å². The molecule has 2 aromatic heterocycles. The van der Waals surface area contributed by atoms with E-state index in [9.17, 15) is 5.11 Å². The van der Waals surface area contributed by atoms with Crippen LogP contribution >= 0.6 is 0 Å². The second-order valence-electron chi connectivity index (χ2n) is 24.2. The number of aromatic nitrogens is 3. The summed E-state index contributed by atoms with van der Waals surface area (Å²) in [6.07, 6.45) is 1.93. The number of hydrogen-bond acceptors (Lipinski definition) is 3. The molecule has 0 aliphatic carbocycles. The van der Waals surface area contributed by atoms with Gasteiger partial charge in [-0.05, 0) is 131 Å². The van der Waals surface area contributed by atoms with Crippen molar-refractivity contribution in [2.75, 3.05) is 0 Å². The zero-order chi connectivity index (χ0) is 52.3. The molecule has 0 saturated heterocycles. The predicted octanol–water partition coefficient (Wildman–Crippen LogP) is 19.0. The van der Waals surface area contributed by atoms with Crippen molar-refractivity contribution >= 4 is 11.0 Å². The minimum absolute atomic E-state index is 0.0478. The molecule has 0 aliphatic heterocycles. The molecule has 4 nitrogen and oxygen atoms in total. The first-order valence-electron chi connectivity index (χ1n) is 26.1. The van der Waals surface area contributed by atoms with Gasteiger partial charge in [-0.25, -0.2) is 4.98 Å². The smallest absolute Gasteiger partial charge is 0.149 e. The largest absolute Gasteiger partial charge is 0.507 e. The van der Waals surface area contributed by atoms with Crippen molar-refractivity contribution in [3.63, 3.8) is 0 Å². The lowest BCUT2D eigenvalue weighted by Gasteiger charge is -2.27. The molecule has 0 spiro atoms. The van der Waals surface area contributed by atoms with E-state index in [2.05, 4.69) is 276 Å². The molecule has 8 aromatic carbocycles. The fourth-order valence-electron chi connectivity index (χ4n) is 10.1. The third-order valence-electron chi connectivity index (χ3n) is 14.6. The fourth-order valence-corrected chi connectivity index (χ4v) is 10.1.